The molecule has 0 bridgehead atoms. The fraction of sp³-hybridized carbons (Fsp3) is 0.636. The third-order valence-corrected chi connectivity index (χ3v) is 6.56. The van der Waals surface area contributed by atoms with Crippen LogP contribution < -0.4 is 10.2 Å². The third-order valence-electron chi connectivity index (χ3n) is 6.56. The van der Waals surface area contributed by atoms with Crippen molar-refractivity contribution in [2.45, 2.75) is 43.9 Å². The lowest BCUT2D eigenvalue weighted by molar-refractivity contribution is -0.180. The second kappa shape index (κ2) is 8.53. The SMILES string of the molecule is O=C(CN1CCCN(c2nc3ccccc3[nH]2)CC1)NC1CCC2(CC1)OCCO2. The van der Waals surface area contributed by atoms with Crippen molar-refractivity contribution in [2.24, 2.45) is 0 Å². The van der Waals surface area contributed by atoms with E-state index in [0.29, 0.717) is 19.8 Å². The molecule has 2 aliphatic heterocycles. The first-order valence-corrected chi connectivity index (χ1v) is 11.2. The Hall–Kier alpha value is -2.16. The lowest BCUT2D eigenvalue weighted by atomic mass is 9.90. The number of carbonyl (C=O) groups is 1. The highest BCUT2D eigenvalue weighted by atomic mass is 16.7. The first-order chi connectivity index (χ1) is 14.7. The van der Waals surface area contributed by atoms with Crippen LogP contribution in [0.5, 0.6) is 0 Å². The molecule has 162 valence electrons. The van der Waals surface area contributed by atoms with Gasteiger partial charge in [-0.15, -0.1) is 0 Å². The highest BCUT2D eigenvalue weighted by Crippen LogP contribution is 2.35. The number of rotatable bonds is 4. The lowest BCUT2D eigenvalue weighted by Gasteiger charge is -2.35. The molecule has 1 amide bonds. The number of imidazole rings is 1. The van der Waals surface area contributed by atoms with Crippen molar-refractivity contribution in [3.63, 3.8) is 0 Å². The summed E-state index contributed by atoms with van der Waals surface area (Å²) in [5, 5.41) is 3.23. The number of nitrogens with zero attached hydrogens (tertiary/aromatic N) is 3. The average molecular weight is 414 g/mol. The van der Waals surface area contributed by atoms with Gasteiger partial charge in [-0.2, -0.15) is 0 Å². The molecule has 0 atom stereocenters. The zero-order chi connectivity index (χ0) is 20.4. The van der Waals surface area contributed by atoms with Crippen molar-refractivity contribution in [2.75, 3.05) is 50.8 Å². The summed E-state index contributed by atoms with van der Waals surface area (Å²) in [7, 11) is 0. The number of ether oxygens (including phenoxy) is 2. The van der Waals surface area contributed by atoms with Crippen LogP contribution in [0.1, 0.15) is 32.1 Å². The van der Waals surface area contributed by atoms with Gasteiger partial charge in [-0.1, -0.05) is 12.1 Å². The molecule has 2 N–H and O–H groups in total. The molecule has 1 saturated carbocycles. The highest BCUT2D eigenvalue weighted by Gasteiger charge is 2.40. The van der Waals surface area contributed by atoms with Crippen LogP contribution in [-0.4, -0.2) is 78.5 Å². The molecule has 2 aromatic rings. The minimum absolute atomic E-state index is 0.126. The number of benzene rings is 1. The second-order valence-corrected chi connectivity index (χ2v) is 8.64. The van der Waals surface area contributed by atoms with Crippen LogP contribution in [0, 0.1) is 0 Å². The van der Waals surface area contributed by atoms with E-state index in [2.05, 4.69) is 26.2 Å². The van der Waals surface area contributed by atoms with E-state index < -0.39 is 0 Å². The average Bonchev–Trinajstić information content (AvgIpc) is 3.32. The first kappa shape index (κ1) is 19.8. The van der Waals surface area contributed by atoms with Crippen LogP contribution >= 0.6 is 0 Å². The van der Waals surface area contributed by atoms with Crippen molar-refractivity contribution >= 4 is 22.9 Å². The van der Waals surface area contributed by atoms with E-state index in [1.807, 2.05) is 18.2 Å². The maximum atomic E-state index is 12.6. The van der Waals surface area contributed by atoms with Crippen molar-refractivity contribution in [1.82, 2.24) is 20.2 Å². The predicted molar refractivity (Wildman–Crippen MR) is 114 cm³/mol. The molecule has 1 aliphatic carbocycles. The van der Waals surface area contributed by atoms with Crippen LogP contribution in [0.15, 0.2) is 24.3 Å². The molecule has 3 aliphatic rings. The maximum absolute atomic E-state index is 12.6. The number of anilines is 1. The predicted octanol–water partition coefficient (Wildman–Crippen LogP) is 1.88. The molecule has 1 aromatic carbocycles. The molecule has 0 unspecified atom stereocenters. The van der Waals surface area contributed by atoms with Crippen molar-refractivity contribution < 1.29 is 14.3 Å². The van der Waals surface area contributed by atoms with Gasteiger partial charge in [0.1, 0.15) is 0 Å². The Bertz CT molecular complexity index is 836. The van der Waals surface area contributed by atoms with Crippen molar-refractivity contribution in [3.05, 3.63) is 24.3 Å². The van der Waals surface area contributed by atoms with Crippen molar-refractivity contribution in [3.8, 4) is 0 Å². The number of amides is 1. The van der Waals surface area contributed by atoms with Gasteiger partial charge in [0.05, 0.1) is 30.8 Å². The van der Waals surface area contributed by atoms with Gasteiger partial charge in [-0.05, 0) is 31.4 Å². The summed E-state index contributed by atoms with van der Waals surface area (Å²) in [5.74, 6) is 0.683. The standard InChI is InChI=1S/C22H31N5O3/c28-20(23-17-6-8-22(9-7-17)29-14-15-30-22)16-26-10-3-11-27(13-12-26)21-24-18-4-1-2-5-19(18)25-21/h1-2,4-5,17H,3,6-16H2,(H,23,28)(H,24,25). The number of hydrogen-bond acceptors (Lipinski definition) is 6. The number of para-hydroxylation sites is 2. The summed E-state index contributed by atoms with van der Waals surface area (Å²) >= 11 is 0. The number of aromatic amines is 1. The first-order valence-electron chi connectivity index (χ1n) is 11.2. The molecular weight excluding hydrogens is 382 g/mol. The van der Waals surface area contributed by atoms with E-state index in [0.717, 1.165) is 75.3 Å². The summed E-state index contributed by atoms with van der Waals surface area (Å²) in [6.07, 6.45) is 4.60. The summed E-state index contributed by atoms with van der Waals surface area (Å²) in [6.45, 7) is 5.45. The number of nitrogens with one attached hydrogen (secondary N) is 2. The maximum Gasteiger partial charge on any atom is 0.234 e. The molecule has 8 nitrogen and oxygen atoms in total. The van der Waals surface area contributed by atoms with Gasteiger partial charge in [0, 0.05) is 45.1 Å². The largest absolute Gasteiger partial charge is 0.352 e. The van der Waals surface area contributed by atoms with E-state index in [9.17, 15) is 4.79 Å². The Kier molecular flexibility index (Phi) is 5.62. The minimum Gasteiger partial charge on any atom is -0.352 e. The Labute approximate surface area is 176 Å². The molecule has 3 heterocycles. The minimum atomic E-state index is -0.369. The number of aromatic nitrogens is 2. The van der Waals surface area contributed by atoms with Gasteiger partial charge < -0.3 is 24.7 Å². The second-order valence-electron chi connectivity index (χ2n) is 8.64. The lowest BCUT2D eigenvalue weighted by Crippen LogP contribution is -2.47. The number of fused-ring (bicyclic) bond motifs is 1. The van der Waals surface area contributed by atoms with Crippen molar-refractivity contribution in [1.29, 1.82) is 0 Å². The van der Waals surface area contributed by atoms with E-state index in [4.69, 9.17) is 14.5 Å². The van der Waals surface area contributed by atoms with Crippen LogP contribution in [0.3, 0.4) is 0 Å². The van der Waals surface area contributed by atoms with Crippen LogP contribution in [0.2, 0.25) is 0 Å². The quantitative estimate of drug-likeness (QED) is 0.796. The van der Waals surface area contributed by atoms with Gasteiger partial charge >= 0.3 is 0 Å². The molecule has 8 heteroatoms. The van der Waals surface area contributed by atoms with E-state index in [1.165, 1.54) is 0 Å². The molecule has 1 spiro atoms. The Morgan fingerprint density at radius 1 is 1.13 bits per heavy atom. The summed E-state index contributed by atoms with van der Waals surface area (Å²) in [6, 6.07) is 8.35. The van der Waals surface area contributed by atoms with E-state index in [1.54, 1.807) is 0 Å². The fourth-order valence-electron chi connectivity index (χ4n) is 4.89. The summed E-state index contributed by atoms with van der Waals surface area (Å²) in [4.78, 5) is 25.3. The third kappa shape index (κ3) is 4.31. The zero-order valence-corrected chi connectivity index (χ0v) is 17.4. The number of H-pyrrole nitrogens is 1. The smallest absolute Gasteiger partial charge is 0.234 e. The Morgan fingerprint density at radius 2 is 1.93 bits per heavy atom. The summed E-state index contributed by atoms with van der Waals surface area (Å²) < 4.78 is 11.6. The van der Waals surface area contributed by atoms with Gasteiger partial charge in [-0.25, -0.2) is 4.98 Å². The number of carbonyl (C=O) groups excluding carboxylic acids is 1. The molecule has 2 saturated heterocycles. The number of hydrogen-bond donors (Lipinski definition) is 2. The molecular formula is C22H31N5O3. The topological polar surface area (TPSA) is 82.7 Å². The van der Waals surface area contributed by atoms with Crippen LogP contribution in [-0.2, 0) is 14.3 Å². The van der Waals surface area contributed by atoms with E-state index in [-0.39, 0.29) is 17.7 Å². The van der Waals surface area contributed by atoms with Crippen LogP contribution in [0.4, 0.5) is 5.95 Å². The van der Waals surface area contributed by atoms with Gasteiger partial charge in [0.15, 0.2) is 5.79 Å². The normalized spacial score (nSPS) is 23.1. The zero-order valence-electron chi connectivity index (χ0n) is 17.4. The van der Waals surface area contributed by atoms with Gasteiger partial charge in [0.2, 0.25) is 11.9 Å². The van der Waals surface area contributed by atoms with Crippen LogP contribution in [0.25, 0.3) is 11.0 Å². The molecule has 0 radical (unpaired) electrons. The highest BCUT2D eigenvalue weighted by molar-refractivity contribution is 5.78. The monoisotopic (exact) mass is 413 g/mol. The Balaban J connectivity index is 1.10. The fourth-order valence-corrected chi connectivity index (χ4v) is 4.89. The van der Waals surface area contributed by atoms with Gasteiger partial charge in [-0.3, -0.25) is 9.69 Å². The molecule has 3 fully saturated rings. The van der Waals surface area contributed by atoms with Gasteiger partial charge in [0.25, 0.3) is 0 Å². The van der Waals surface area contributed by atoms with E-state index >= 15 is 0 Å². The molecule has 1 aromatic heterocycles. The Morgan fingerprint density at radius 3 is 2.73 bits per heavy atom. The summed E-state index contributed by atoms with van der Waals surface area (Å²) in [5.41, 5.74) is 2.06. The molecule has 30 heavy (non-hydrogen) atoms. The molecule has 5 rings (SSSR count).